The van der Waals surface area contributed by atoms with Gasteiger partial charge >= 0.3 is 5.97 Å². The molecule has 0 aliphatic rings. The van der Waals surface area contributed by atoms with Crippen LogP contribution in [-0.4, -0.2) is 44.7 Å². The molecular weight excluding hydrogens is 400 g/mol. The highest BCUT2D eigenvalue weighted by Gasteiger charge is 2.20. The van der Waals surface area contributed by atoms with Crippen molar-refractivity contribution in [1.82, 2.24) is 19.7 Å². The summed E-state index contributed by atoms with van der Waals surface area (Å²) in [6.07, 6.45) is 2.06. The van der Waals surface area contributed by atoms with Crippen molar-refractivity contribution in [2.45, 2.75) is 52.0 Å². The third kappa shape index (κ3) is 4.75. The number of aryl methyl sites for hydroxylation is 1. The molecule has 0 saturated heterocycles. The first-order valence-corrected chi connectivity index (χ1v) is 11.2. The van der Waals surface area contributed by atoms with E-state index in [9.17, 15) is 4.79 Å². The first-order chi connectivity index (χ1) is 14.5. The summed E-state index contributed by atoms with van der Waals surface area (Å²) in [6, 6.07) is 6.07. The Morgan fingerprint density at radius 3 is 2.77 bits per heavy atom. The fourth-order valence-corrected chi connectivity index (χ4v) is 4.19. The Morgan fingerprint density at radius 2 is 2.07 bits per heavy atom. The van der Waals surface area contributed by atoms with Crippen molar-refractivity contribution in [2.24, 2.45) is 0 Å². The largest absolute Gasteiger partial charge is 0.477 e. The lowest BCUT2D eigenvalue weighted by molar-refractivity contribution is -0.142. The maximum atomic E-state index is 11.8. The highest BCUT2D eigenvalue weighted by Crippen LogP contribution is 2.36. The quantitative estimate of drug-likeness (QED) is 0.357. The summed E-state index contributed by atoms with van der Waals surface area (Å²) in [4.78, 5) is 22.1. The molecule has 0 spiro atoms. The SMILES string of the molecule is CCOC(=O)CCSc1cc(-c2cccnc2OCC)nc2c(C)nn(C(C)C)c12. The van der Waals surface area contributed by atoms with Gasteiger partial charge in [0.25, 0.3) is 0 Å². The third-order valence-corrected chi connectivity index (χ3v) is 5.50. The first kappa shape index (κ1) is 22.1. The van der Waals surface area contributed by atoms with E-state index >= 15 is 0 Å². The van der Waals surface area contributed by atoms with Gasteiger partial charge in [0.05, 0.1) is 36.6 Å². The van der Waals surface area contributed by atoms with Crippen LogP contribution in [0.25, 0.3) is 22.3 Å². The topological polar surface area (TPSA) is 79.1 Å². The minimum Gasteiger partial charge on any atom is -0.477 e. The Morgan fingerprint density at radius 1 is 1.27 bits per heavy atom. The average molecular weight is 429 g/mol. The Balaban J connectivity index is 2.08. The lowest BCUT2D eigenvalue weighted by Gasteiger charge is -2.13. The molecule has 0 atom stereocenters. The Labute approximate surface area is 181 Å². The van der Waals surface area contributed by atoms with Gasteiger partial charge in [-0.3, -0.25) is 9.48 Å². The van der Waals surface area contributed by atoms with Crippen LogP contribution in [0.3, 0.4) is 0 Å². The number of hydrogen-bond donors (Lipinski definition) is 0. The molecule has 0 saturated carbocycles. The number of fused-ring (bicyclic) bond motifs is 1. The second-order valence-electron chi connectivity index (χ2n) is 7.02. The molecule has 3 heterocycles. The number of rotatable bonds is 9. The highest BCUT2D eigenvalue weighted by atomic mass is 32.2. The van der Waals surface area contributed by atoms with Crippen LogP contribution in [0, 0.1) is 6.92 Å². The van der Waals surface area contributed by atoms with Gasteiger partial charge in [-0.05, 0) is 52.8 Å². The van der Waals surface area contributed by atoms with Crippen molar-refractivity contribution in [3.05, 3.63) is 30.1 Å². The summed E-state index contributed by atoms with van der Waals surface area (Å²) in [5.41, 5.74) is 4.33. The maximum absolute atomic E-state index is 11.8. The minimum atomic E-state index is -0.185. The molecule has 3 rings (SSSR count). The van der Waals surface area contributed by atoms with Crippen LogP contribution < -0.4 is 4.74 Å². The van der Waals surface area contributed by atoms with Crippen molar-refractivity contribution in [3.63, 3.8) is 0 Å². The summed E-state index contributed by atoms with van der Waals surface area (Å²) in [6.45, 7) is 10.8. The molecule has 0 bridgehead atoms. The lowest BCUT2D eigenvalue weighted by Crippen LogP contribution is -2.06. The number of pyridine rings is 2. The zero-order valence-electron chi connectivity index (χ0n) is 18.1. The molecule has 3 aromatic rings. The second-order valence-corrected chi connectivity index (χ2v) is 8.16. The summed E-state index contributed by atoms with van der Waals surface area (Å²) >= 11 is 1.61. The Kier molecular flexibility index (Phi) is 7.31. The number of ether oxygens (including phenoxy) is 2. The summed E-state index contributed by atoms with van der Waals surface area (Å²) in [7, 11) is 0. The molecule has 160 valence electrons. The summed E-state index contributed by atoms with van der Waals surface area (Å²) in [5, 5.41) is 4.72. The number of esters is 1. The van der Waals surface area contributed by atoms with Crippen molar-refractivity contribution in [2.75, 3.05) is 19.0 Å². The molecule has 7 nitrogen and oxygen atoms in total. The van der Waals surface area contributed by atoms with Crippen molar-refractivity contribution < 1.29 is 14.3 Å². The lowest BCUT2D eigenvalue weighted by atomic mass is 10.1. The zero-order valence-corrected chi connectivity index (χ0v) is 19.0. The fraction of sp³-hybridized carbons (Fsp3) is 0.455. The van der Waals surface area contributed by atoms with Gasteiger partial charge in [-0.1, -0.05) is 0 Å². The van der Waals surface area contributed by atoms with Crippen molar-refractivity contribution >= 4 is 28.8 Å². The molecule has 0 unspecified atom stereocenters. The normalized spacial score (nSPS) is 11.3. The van der Waals surface area contributed by atoms with E-state index in [1.807, 2.05) is 43.7 Å². The molecule has 30 heavy (non-hydrogen) atoms. The van der Waals surface area contributed by atoms with Crippen LogP contribution in [0.1, 0.15) is 45.9 Å². The van der Waals surface area contributed by atoms with Crippen LogP contribution in [0.15, 0.2) is 29.3 Å². The maximum Gasteiger partial charge on any atom is 0.306 e. The Hall–Kier alpha value is -2.61. The highest BCUT2D eigenvalue weighted by molar-refractivity contribution is 7.99. The molecule has 0 N–H and O–H groups in total. The van der Waals surface area contributed by atoms with E-state index in [4.69, 9.17) is 19.6 Å². The van der Waals surface area contributed by atoms with Crippen molar-refractivity contribution in [3.8, 4) is 17.1 Å². The fourth-order valence-electron chi connectivity index (χ4n) is 3.18. The number of hydrogen-bond acceptors (Lipinski definition) is 7. The van der Waals surface area contributed by atoms with Gasteiger partial charge in [0, 0.05) is 22.9 Å². The number of nitrogens with zero attached hydrogens (tertiary/aromatic N) is 4. The molecule has 0 amide bonds. The van der Waals surface area contributed by atoms with Crippen LogP contribution in [-0.2, 0) is 9.53 Å². The number of aromatic nitrogens is 4. The van der Waals surface area contributed by atoms with E-state index in [0.29, 0.717) is 31.3 Å². The number of thioether (sulfide) groups is 1. The molecule has 0 radical (unpaired) electrons. The predicted molar refractivity (Wildman–Crippen MR) is 119 cm³/mol. The molecule has 0 aliphatic heterocycles. The van der Waals surface area contributed by atoms with E-state index in [-0.39, 0.29) is 12.0 Å². The minimum absolute atomic E-state index is 0.185. The standard InChI is InChI=1S/C22H28N4O3S/c1-6-28-19(27)10-12-30-18-13-17(16-9-8-11-23-22(16)29-7-2)24-20-15(5)25-26(14(3)4)21(18)20/h8-9,11,13-14H,6-7,10,12H2,1-5H3. The smallest absolute Gasteiger partial charge is 0.306 e. The molecule has 0 aromatic carbocycles. The van der Waals surface area contributed by atoms with Gasteiger partial charge in [0.1, 0.15) is 11.0 Å². The van der Waals surface area contributed by atoms with Crippen LogP contribution in [0.2, 0.25) is 0 Å². The number of carbonyl (C=O) groups excluding carboxylic acids is 1. The molecule has 3 aromatic heterocycles. The van der Waals surface area contributed by atoms with E-state index in [1.54, 1.807) is 18.0 Å². The third-order valence-electron chi connectivity index (χ3n) is 4.47. The van der Waals surface area contributed by atoms with Gasteiger partial charge in [-0.2, -0.15) is 5.10 Å². The van der Waals surface area contributed by atoms with Gasteiger partial charge < -0.3 is 9.47 Å². The zero-order chi connectivity index (χ0) is 21.7. The van der Waals surface area contributed by atoms with Gasteiger partial charge in [-0.15, -0.1) is 11.8 Å². The first-order valence-electron chi connectivity index (χ1n) is 10.2. The molecule has 8 heteroatoms. The molecule has 0 aliphatic carbocycles. The second kappa shape index (κ2) is 9.93. The number of carbonyl (C=O) groups is 1. The predicted octanol–water partition coefficient (Wildman–Crippen LogP) is 4.83. The Bertz CT molecular complexity index is 1030. The van der Waals surface area contributed by atoms with Gasteiger partial charge in [-0.25, -0.2) is 9.97 Å². The van der Waals surface area contributed by atoms with Gasteiger partial charge in [0.15, 0.2) is 0 Å². The average Bonchev–Trinajstić information content (AvgIpc) is 3.06. The molecular formula is C22H28N4O3S. The van der Waals surface area contributed by atoms with E-state index in [0.717, 1.165) is 32.9 Å². The van der Waals surface area contributed by atoms with Gasteiger partial charge in [0.2, 0.25) is 5.88 Å². The van der Waals surface area contributed by atoms with E-state index in [2.05, 4.69) is 18.8 Å². The molecule has 0 fully saturated rings. The summed E-state index contributed by atoms with van der Waals surface area (Å²) in [5.74, 6) is 0.989. The van der Waals surface area contributed by atoms with E-state index < -0.39 is 0 Å². The summed E-state index contributed by atoms with van der Waals surface area (Å²) < 4.78 is 12.8. The van der Waals surface area contributed by atoms with E-state index in [1.165, 1.54) is 0 Å². The van der Waals surface area contributed by atoms with Crippen LogP contribution in [0.4, 0.5) is 0 Å². The van der Waals surface area contributed by atoms with Crippen molar-refractivity contribution in [1.29, 1.82) is 0 Å². The van der Waals surface area contributed by atoms with Crippen LogP contribution in [0.5, 0.6) is 5.88 Å². The monoisotopic (exact) mass is 428 g/mol. The van der Waals surface area contributed by atoms with Crippen LogP contribution >= 0.6 is 11.8 Å².